The topological polar surface area (TPSA) is 0 Å². The van der Waals surface area contributed by atoms with Gasteiger partial charge in [-0.25, -0.2) is 0 Å². The van der Waals surface area contributed by atoms with Crippen LogP contribution in [0.4, 0.5) is 0 Å². The van der Waals surface area contributed by atoms with Crippen LogP contribution in [0, 0.1) is 0 Å². The third kappa shape index (κ3) is 2.61. The summed E-state index contributed by atoms with van der Waals surface area (Å²) in [4.78, 5) is 0. The van der Waals surface area contributed by atoms with Gasteiger partial charge in [-0.15, -0.1) is 0 Å². The molecule has 0 rings (SSSR count). The summed E-state index contributed by atoms with van der Waals surface area (Å²) >= 11 is 8.77. The van der Waals surface area contributed by atoms with Crippen LogP contribution < -0.4 is 0 Å². The quantitative estimate of drug-likeness (QED) is 0.559. The molecule has 0 aromatic carbocycles. The van der Waals surface area contributed by atoms with E-state index in [-0.39, 0.29) is 5.16 Å². The zero-order chi connectivity index (χ0) is 7.00. The normalized spacial score (nSPS) is 20.1. The Balaban J connectivity index is 4.26. The minimum atomic E-state index is -1.20. The highest BCUT2D eigenvalue weighted by atomic mass is 79.9. The first-order valence-corrected chi connectivity index (χ1v) is 7.79. The van der Waals surface area contributed by atoms with Crippen LogP contribution in [0.15, 0.2) is 0 Å². The van der Waals surface area contributed by atoms with Gasteiger partial charge in [0.05, 0.1) is 0 Å². The molecular formula is C5H12BrPS. The monoisotopic (exact) mass is 214 g/mol. The highest BCUT2D eigenvalue weighted by molar-refractivity contribution is 9.44. The molecule has 1 unspecified atom stereocenters. The van der Waals surface area contributed by atoms with Gasteiger partial charge in [-0.05, 0) is 22.2 Å². The van der Waals surface area contributed by atoms with Crippen LogP contribution in [0.5, 0.6) is 0 Å². The number of rotatable bonds is 0. The molecule has 0 fully saturated rings. The van der Waals surface area contributed by atoms with Crippen LogP contribution in [0.25, 0.3) is 0 Å². The Bertz CT molecular complexity index is 119. The lowest BCUT2D eigenvalue weighted by atomic mass is 10.3. The van der Waals surface area contributed by atoms with E-state index in [1.807, 2.05) is 0 Å². The van der Waals surface area contributed by atoms with Crippen LogP contribution in [-0.4, -0.2) is 11.8 Å². The van der Waals surface area contributed by atoms with Gasteiger partial charge < -0.3 is 0 Å². The van der Waals surface area contributed by atoms with Gasteiger partial charge in [-0.1, -0.05) is 32.6 Å². The summed E-state index contributed by atoms with van der Waals surface area (Å²) in [5.41, 5.74) is 0. The minimum Gasteiger partial charge on any atom is -0.0851 e. The van der Waals surface area contributed by atoms with Gasteiger partial charge in [0.25, 0.3) is 0 Å². The smallest absolute Gasteiger partial charge is 0.0193 e. The largest absolute Gasteiger partial charge is 0.0851 e. The van der Waals surface area contributed by atoms with E-state index in [1.165, 1.54) is 0 Å². The van der Waals surface area contributed by atoms with Crippen molar-refractivity contribution in [3.8, 4) is 0 Å². The second kappa shape index (κ2) is 2.40. The molecule has 0 aliphatic rings. The van der Waals surface area contributed by atoms with Crippen molar-refractivity contribution in [3.63, 3.8) is 0 Å². The van der Waals surface area contributed by atoms with E-state index in [0.717, 1.165) is 0 Å². The van der Waals surface area contributed by atoms with Crippen molar-refractivity contribution in [3.05, 3.63) is 0 Å². The minimum absolute atomic E-state index is 0.280. The average Bonchev–Trinajstić information content (AvgIpc) is 1.25. The van der Waals surface area contributed by atoms with E-state index >= 15 is 0 Å². The Labute approximate surface area is 64.8 Å². The molecule has 1 atom stereocenters. The van der Waals surface area contributed by atoms with Crippen molar-refractivity contribution in [1.82, 2.24) is 0 Å². The summed E-state index contributed by atoms with van der Waals surface area (Å²) in [6, 6.07) is 0. The third-order valence-electron chi connectivity index (χ3n) is 1.20. The van der Waals surface area contributed by atoms with E-state index < -0.39 is 4.74 Å². The second-order valence-electron chi connectivity index (χ2n) is 2.99. The molecule has 0 bridgehead atoms. The summed E-state index contributed by atoms with van der Waals surface area (Å²) in [6.45, 7) is 8.62. The van der Waals surface area contributed by atoms with Gasteiger partial charge in [0, 0.05) is 9.90 Å². The van der Waals surface area contributed by atoms with Crippen LogP contribution in [0.3, 0.4) is 0 Å². The molecule has 0 aromatic rings. The maximum atomic E-state index is 5.25. The van der Waals surface area contributed by atoms with Gasteiger partial charge in [0.2, 0.25) is 0 Å². The zero-order valence-electron chi connectivity index (χ0n) is 5.73. The van der Waals surface area contributed by atoms with Crippen LogP contribution >= 0.6 is 20.2 Å². The molecule has 0 heterocycles. The van der Waals surface area contributed by atoms with Gasteiger partial charge in [-0.2, -0.15) is 0 Å². The second-order valence-corrected chi connectivity index (χ2v) is 13.8. The van der Waals surface area contributed by atoms with Crippen LogP contribution in [-0.2, 0) is 11.8 Å². The number of hydrogen-bond acceptors (Lipinski definition) is 1. The molecule has 0 radical (unpaired) electrons. The molecule has 0 N–H and O–H groups in total. The molecule has 8 heavy (non-hydrogen) atoms. The predicted molar refractivity (Wildman–Crippen MR) is 48.9 cm³/mol. The van der Waals surface area contributed by atoms with Crippen LogP contribution in [0.1, 0.15) is 20.8 Å². The Morgan fingerprint density at radius 3 is 1.50 bits per heavy atom. The molecule has 50 valence electrons. The van der Waals surface area contributed by atoms with Crippen LogP contribution in [0.2, 0.25) is 0 Å². The van der Waals surface area contributed by atoms with E-state index in [9.17, 15) is 0 Å². The van der Waals surface area contributed by atoms with Gasteiger partial charge in [-0.3, -0.25) is 0 Å². The van der Waals surface area contributed by atoms with Gasteiger partial charge >= 0.3 is 0 Å². The van der Waals surface area contributed by atoms with Crippen molar-refractivity contribution in [1.29, 1.82) is 0 Å². The fourth-order valence-electron chi connectivity index (χ4n) is 0. The van der Waals surface area contributed by atoms with Crippen molar-refractivity contribution < 1.29 is 0 Å². The maximum Gasteiger partial charge on any atom is 0.0193 e. The summed E-state index contributed by atoms with van der Waals surface area (Å²) in [5, 5.41) is 0.280. The summed E-state index contributed by atoms with van der Waals surface area (Å²) in [5.74, 6) is 0. The lowest BCUT2D eigenvalue weighted by molar-refractivity contribution is 0.794. The fourth-order valence-corrected chi connectivity index (χ4v) is 0. The molecule has 0 saturated carbocycles. The van der Waals surface area contributed by atoms with Crippen molar-refractivity contribution in [2.45, 2.75) is 25.9 Å². The van der Waals surface area contributed by atoms with E-state index in [2.05, 4.69) is 42.9 Å². The zero-order valence-corrected chi connectivity index (χ0v) is 9.03. The number of halogens is 1. The Hall–Kier alpha value is 1.13. The van der Waals surface area contributed by atoms with E-state index in [0.29, 0.717) is 0 Å². The third-order valence-corrected chi connectivity index (χ3v) is 8.43. The van der Waals surface area contributed by atoms with E-state index in [1.54, 1.807) is 0 Å². The summed E-state index contributed by atoms with van der Waals surface area (Å²) < 4.78 is -1.20. The highest BCUT2D eigenvalue weighted by Crippen LogP contribution is 2.61. The molecule has 0 saturated heterocycles. The first-order valence-electron chi connectivity index (χ1n) is 2.52. The maximum absolute atomic E-state index is 5.25. The molecular weight excluding hydrogens is 203 g/mol. The van der Waals surface area contributed by atoms with Gasteiger partial charge in [0.1, 0.15) is 0 Å². The average molecular weight is 215 g/mol. The molecule has 0 nitrogen and oxygen atoms in total. The SMILES string of the molecule is CC(C)(C)P(C)(=S)Br. The standard InChI is InChI=1S/C5H12BrPS/c1-5(2,3)7(4,6)8/h1-4H3. The lowest BCUT2D eigenvalue weighted by Crippen LogP contribution is -2.09. The Morgan fingerprint density at radius 1 is 1.38 bits per heavy atom. The highest BCUT2D eigenvalue weighted by Gasteiger charge is 2.23. The van der Waals surface area contributed by atoms with Crippen molar-refractivity contribution >= 4 is 32.0 Å². The summed E-state index contributed by atoms with van der Waals surface area (Å²) in [6.07, 6.45) is 0. The van der Waals surface area contributed by atoms with Crippen molar-refractivity contribution in [2.75, 3.05) is 6.66 Å². The molecule has 0 amide bonds. The first kappa shape index (κ1) is 9.13. The Morgan fingerprint density at radius 2 is 1.50 bits per heavy atom. The Kier molecular flexibility index (Phi) is 2.74. The molecule has 3 heteroatoms. The fraction of sp³-hybridized carbons (Fsp3) is 1.00. The van der Waals surface area contributed by atoms with E-state index in [4.69, 9.17) is 11.8 Å². The molecule has 0 spiro atoms. The van der Waals surface area contributed by atoms with Gasteiger partial charge in [0.15, 0.2) is 0 Å². The lowest BCUT2D eigenvalue weighted by Gasteiger charge is -2.25. The molecule has 0 aromatic heterocycles. The summed E-state index contributed by atoms with van der Waals surface area (Å²) in [7, 11) is 0. The first-order chi connectivity index (χ1) is 3.25. The molecule has 0 aliphatic heterocycles. The predicted octanol–water partition coefficient (Wildman–Crippen LogP) is 3.20. The molecule has 0 aliphatic carbocycles. The number of hydrogen-bond donors (Lipinski definition) is 0. The van der Waals surface area contributed by atoms with Crippen molar-refractivity contribution in [2.24, 2.45) is 0 Å².